The molecule has 1 aliphatic heterocycles. The number of hydrogen-bond donors (Lipinski definition) is 1. The van der Waals surface area contributed by atoms with Gasteiger partial charge in [0.2, 0.25) is 11.7 Å². The highest BCUT2D eigenvalue weighted by Gasteiger charge is 2.20. The van der Waals surface area contributed by atoms with E-state index in [-0.39, 0.29) is 12.4 Å². The minimum absolute atomic E-state index is 0. The third-order valence-electron chi connectivity index (χ3n) is 5.17. The first-order chi connectivity index (χ1) is 12.2. The largest absolute Gasteiger partial charge is 0.338 e. The van der Waals surface area contributed by atoms with Crippen LogP contribution in [0.4, 0.5) is 0 Å². The highest BCUT2D eigenvalue weighted by atomic mass is 35.5. The van der Waals surface area contributed by atoms with Crippen molar-refractivity contribution in [2.24, 2.45) is 5.92 Å². The molecule has 1 aromatic heterocycles. The molecule has 2 aromatic rings. The van der Waals surface area contributed by atoms with Gasteiger partial charge < -0.3 is 9.84 Å². The molecule has 0 unspecified atom stereocenters. The molecule has 1 fully saturated rings. The lowest BCUT2D eigenvalue weighted by molar-refractivity contribution is 0.155. The Hall–Kier alpha value is -1.43. The highest BCUT2D eigenvalue weighted by molar-refractivity contribution is 5.85. The highest BCUT2D eigenvalue weighted by Crippen LogP contribution is 2.23. The van der Waals surface area contributed by atoms with Crippen LogP contribution < -0.4 is 5.32 Å². The number of piperidine rings is 1. The first kappa shape index (κ1) is 20.9. The molecular formula is C20H31ClN4O. The van der Waals surface area contributed by atoms with E-state index in [1.54, 1.807) is 0 Å². The predicted molar refractivity (Wildman–Crippen MR) is 108 cm³/mol. The number of nitrogens with one attached hydrogen (secondary N) is 1. The molecule has 26 heavy (non-hydrogen) atoms. The molecule has 1 N–H and O–H groups in total. The topological polar surface area (TPSA) is 54.2 Å². The van der Waals surface area contributed by atoms with Crippen molar-refractivity contribution in [2.45, 2.75) is 45.6 Å². The third-order valence-corrected chi connectivity index (χ3v) is 5.17. The van der Waals surface area contributed by atoms with Crippen LogP contribution in [0.5, 0.6) is 0 Å². The van der Waals surface area contributed by atoms with Gasteiger partial charge in [-0.15, -0.1) is 12.4 Å². The van der Waals surface area contributed by atoms with Crippen molar-refractivity contribution in [2.75, 3.05) is 26.7 Å². The Kier molecular flexibility index (Phi) is 8.07. The van der Waals surface area contributed by atoms with Crippen LogP contribution >= 0.6 is 12.4 Å². The maximum Gasteiger partial charge on any atom is 0.241 e. The Balaban J connectivity index is 0.00000243. The van der Waals surface area contributed by atoms with Gasteiger partial charge in [0.1, 0.15) is 0 Å². The molecule has 6 heteroatoms. The summed E-state index contributed by atoms with van der Waals surface area (Å²) in [6.07, 6.45) is 3.81. The van der Waals surface area contributed by atoms with Gasteiger partial charge in [-0.05, 0) is 63.3 Å². The summed E-state index contributed by atoms with van der Waals surface area (Å²) in [4.78, 5) is 7.01. The van der Waals surface area contributed by atoms with Gasteiger partial charge in [-0.1, -0.05) is 43.3 Å². The van der Waals surface area contributed by atoms with Crippen molar-refractivity contribution in [1.82, 2.24) is 20.4 Å². The number of halogens is 1. The van der Waals surface area contributed by atoms with Crippen LogP contribution in [0.3, 0.4) is 0 Å². The van der Waals surface area contributed by atoms with E-state index in [0.29, 0.717) is 11.7 Å². The fourth-order valence-corrected chi connectivity index (χ4v) is 3.43. The lowest BCUT2D eigenvalue weighted by atomic mass is 9.93. The summed E-state index contributed by atoms with van der Waals surface area (Å²) in [5, 5.41) is 7.41. The van der Waals surface area contributed by atoms with Crippen molar-refractivity contribution >= 4 is 12.4 Å². The van der Waals surface area contributed by atoms with Gasteiger partial charge in [0, 0.05) is 5.56 Å². The quantitative estimate of drug-likeness (QED) is 0.785. The van der Waals surface area contributed by atoms with Crippen LogP contribution in [0, 0.1) is 5.92 Å². The number of likely N-dealkylation sites (tertiary alicyclic amines) is 1. The van der Waals surface area contributed by atoms with E-state index in [2.05, 4.69) is 58.5 Å². The van der Waals surface area contributed by atoms with Crippen LogP contribution in [0.2, 0.25) is 0 Å². The summed E-state index contributed by atoms with van der Waals surface area (Å²) in [6, 6.07) is 8.45. The van der Waals surface area contributed by atoms with Gasteiger partial charge in [0.25, 0.3) is 0 Å². The Morgan fingerprint density at radius 2 is 1.88 bits per heavy atom. The summed E-state index contributed by atoms with van der Waals surface area (Å²) < 4.78 is 5.48. The smallest absolute Gasteiger partial charge is 0.241 e. The van der Waals surface area contributed by atoms with Crippen LogP contribution in [0.1, 0.15) is 50.5 Å². The molecular weight excluding hydrogens is 348 g/mol. The molecule has 0 amide bonds. The van der Waals surface area contributed by atoms with Gasteiger partial charge in [-0.2, -0.15) is 4.98 Å². The van der Waals surface area contributed by atoms with Crippen molar-refractivity contribution in [3.05, 3.63) is 35.7 Å². The monoisotopic (exact) mass is 378 g/mol. The normalized spacial score (nSPS) is 16.0. The SMILES string of the molecule is CNCCC1CCN(Cc2nc(-c3ccc(C(C)C)cc3)no2)CC1.Cl. The average molecular weight is 379 g/mol. The zero-order chi connectivity index (χ0) is 17.6. The first-order valence-electron chi connectivity index (χ1n) is 9.45. The maximum absolute atomic E-state index is 5.48. The van der Waals surface area contributed by atoms with Crippen molar-refractivity contribution in [1.29, 1.82) is 0 Å². The van der Waals surface area contributed by atoms with E-state index >= 15 is 0 Å². The number of benzene rings is 1. The molecule has 0 saturated carbocycles. The number of aromatic nitrogens is 2. The zero-order valence-corrected chi connectivity index (χ0v) is 16.9. The van der Waals surface area contributed by atoms with Gasteiger partial charge in [-0.25, -0.2) is 0 Å². The van der Waals surface area contributed by atoms with E-state index in [0.717, 1.165) is 43.6 Å². The number of hydrogen-bond acceptors (Lipinski definition) is 5. The molecule has 0 radical (unpaired) electrons. The zero-order valence-electron chi connectivity index (χ0n) is 16.1. The van der Waals surface area contributed by atoms with Crippen LogP contribution in [-0.4, -0.2) is 41.7 Å². The summed E-state index contributed by atoms with van der Waals surface area (Å²) in [5.74, 6) is 2.79. The summed E-state index contributed by atoms with van der Waals surface area (Å²) in [7, 11) is 2.03. The summed E-state index contributed by atoms with van der Waals surface area (Å²) in [6.45, 7) is 8.51. The van der Waals surface area contributed by atoms with E-state index in [1.165, 1.54) is 24.8 Å². The lowest BCUT2D eigenvalue weighted by Crippen LogP contribution is -2.34. The Labute approximate surface area is 163 Å². The second kappa shape index (κ2) is 10.0. The molecule has 3 rings (SSSR count). The number of rotatable bonds is 7. The van der Waals surface area contributed by atoms with Gasteiger partial charge in [0.05, 0.1) is 6.54 Å². The van der Waals surface area contributed by atoms with Gasteiger partial charge in [-0.3, -0.25) is 4.90 Å². The molecule has 144 valence electrons. The standard InChI is InChI=1S/C20H30N4O.ClH/c1-15(2)17-4-6-18(7-5-17)20-22-19(25-23-20)14-24-12-9-16(10-13-24)8-11-21-3;/h4-7,15-16,21H,8-14H2,1-3H3;1H. The summed E-state index contributed by atoms with van der Waals surface area (Å²) in [5.41, 5.74) is 2.35. The van der Waals surface area contributed by atoms with E-state index < -0.39 is 0 Å². The Bertz CT molecular complexity index is 648. The Morgan fingerprint density at radius 3 is 2.50 bits per heavy atom. The van der Waals surface area contributed by atoms with Crippen LogP contribution in [0.15, 0.2) is 28.8 Å². The molecule has 0 aliphatic carbocycles. The van der Waals surface area contributed by atoms with Crippen LogP contribution in [-0.2, 0) is 6.54 Å². The molecule has 5 nitrogen and oxygen atoms in total. The molecule has 0 bridgehead atoms. The molecule has 1 aromatic carbocycles. The lowest BCUT2D eigenvalue weighted by Gasteiger charge is -2.30. The second-order valence-corrected chi connectivity index (χ2v) is 7.40. The van der Waals surface area contributed by atoms with Gasteiger partial charge in [0.15, 0.2) is 0 Å². The Morgan fingerprint density at radius 1 is 1.19 bits per heavy atom. The minimum atomic E-state index is 0. The molecule has 0 spiro atoms. The molecule has 1 aliphatic rings. The number of nitrogens with zero attached hydrogens (tertiary/aromatic N) is 3. The molecule has 2 heterocycles. The maximum atomic E-state index is 5.48. The molecule has 0 atom stereocenters. The third kappa shape index (κ3) is 5.53. The van der Waals surface area contributed by atoms with E-state index in [9.17, 15) is 0 Å². The van der Waals surface area contributed by atoms with Gasteiger partial charge >= 0.3 is 0 Å². The van der Waals surface area contributed by atoms with Crippen LogP contribution in [0.25, 0.3) is 11.4 Å². The summed E-state index contributed by atoms with van der Waals surface area (Å²) >= 11 is 0. The minimum Gasteiger partial charge on any atom is -0.338 e. The predicted octanol–water partition coefficient (Wildman–Crippen LogP) is 4.10. The molecule has 1 saturated heterocycles. The fraction of sp³-hybridized carbons (Fsp3) is 0.600. The van der Waals surface area contributed by atoms with E-state index in [4.69, 9.17) is 4.52 Å². The van der Waals surface area contributed by atoms with Crippen molar-refractivity contribution < 1.29 is 4.52 Å². The van der Waals surface area contributed by atoms with E-state index in [1.807, 2.05) is 7.05 Å². The van der Waals surface area contributed by atoms with Crippen molar-refractivity contribution in [3.63, 3.8) is 0 Å². The second-order valence-electron chi connectivity index (χ2n) is 7.40. The fourth-order valence-electron chi connectivity index (χ4n) is 3.43. The average Bonchev–Trinajstić information content (AvgIpc) is 3.10. The van der Waals surface area contributed by atoms with Crippen molar-refractivity contribution in [3.8, 4) is 11.4 Å². The first-order valence-corrected chi connectivity index (χ1v) is 9.45.